The summed E-state index contributed by atoms with van der Waals surface area (Å²) in [6.07, 6.45) is 0. The quantitative estimate of drug-likeness (QED) is 0.664. The van der Waals surface area contributed by atoms with Crippen LogP contribution in [0.5, 0.6) is 0 Å². The molecule has 1 amide bonds. The van der Waals surface area contributed by atoms with Gasteiger partial charge in [0.15, 0.2) is 5.82 Å². The predicted octanol–water partition coefficient (Wildman–Crippen LogP) is 0.702. The van der Waals surface area contributed by atoms with Crippen molar-refractivity contribution >= 4 is 17.7 Å². The molecule has 0 saturated carbocycles. The van der Waals surface area contributed by atoms with E-state index < -0.39 is 5.97 Å². The molecule has 0 aliphatic carbocycles. The minimum Gasteiger partial charge on any atom is -0.477 e. The fourth-order valence-electron chi connectivity index (χ4n) is 0.766. The standard InChI is InChI=1S/C8H11N3O3/c1-4(2)7(12)9-6-3-5(8(13)14)10-11-6/h3-4H,1-2H3,(H,13,14)(H2,9,10,11,12). The van der Waals surface area contributed by atoms with Gasteiger partial charge in [0, 0.05) is 12.0 Å². The number of anilines is 1. The van der Waals surface area contributed by atoms with Gasteiger partial charge in [-0.1, -0.05) is 13.8 Å². The molecular formula is C8H11N3O3. The zero-order valence-corrected chi connectivity index (χ0v) is 7.87. The highest BCUT2D eigenvalue weighted by atomic mass is 16.4. The van der Waals surface area contributed by atoms with Crippen molar-refractivity contribution in [3.8, 4) is 0 Å². The van der Waals surface area contributed by atoms with Crippen LogP contribution in [-0.4, -0.2) is 27.2 Å². The fourth-order valence-corrected chi connectivity index (χ4v) is 0.766. The zero-order valence-electron chi connectivity index (χ0n) is 7.87. The van der Waals surface area contributed by atoms with E-state index in [-0.39, 0.29) is 23.3 Å². The molecule has 0 fully saturated rings. The monoisotopic (exact) mass is 197 g/mol. The molecule has 1 aromatic rings. The summed E-state index contributed by atoms with van der Waals surface area (Å²) in [5.74, 6) is -1.25. The molecule has 0 spiro atoms. The van der Waals surface area contributed by atoms with Crippen molar-refractivity contribution in [2.24, 2.45) is 5.92 Å². The lowest BCUT2D eigenvalue weighted by Crippen LogP contribution is -2.17. The number of aromatic nitrogens is 2. The Kier molecular flexibility index (Phi) is 2.85. The van der Waals surface area contributed by atoms with Gasteiger partial charge < -0.3 is 10.4 Å². The Morgan fingerprint density at radius 2 is 2.21 bits per heavy atom. The van der Waals surface area contributed by atoms with Crippen LogP contribution in [0.4, 0.5) is 5.82 Å². The molecule has 0 atom stereocenters. The van der Waals surface area contributed by atoms with Crippen molar-refractivity contribution in [2.45, 2.75) is 13.8 Å². The van der Waals surface area contributed by atoms with E-state index in [1.165, 1.54) is 6.07 Å². The van der Waals surface area contributed by atoms with Crippen LogP contribution in [0.3, 0.4) is 0 Å². The van der Waals surface area contributed by atoms with E-state index in [1.807, 2.05) is 0 Å². The first-order chi connectivity index (χ1) is 6.50. The van der Waals surface area contributed by atoms with E-state index >= 15 is 0 Å². The largest absolute Gasteiger partial charge is 0.477 e. The third-order valence-electron chi connectivity index (χ3n) is 1.58. The van der Waals surface area contributed by atoms with Crippen molar-refractivity contribution < 1.29 is 14.7 Å². The van der Waals surface area contributed by atoms with Crippen LogP contribution in [0, 0.1) is 5.92 Å². The molecule has 0 aliphatic rings. The highest BCUT2D eigenvalue weighted by molar-refractivity contribution is 5.93. The number of aromatic carboxylic acids is 1. The highest BCUT2D eigenvalue weighted by Crippen LogP contribution is 2.06. The van der Waals surface area contributed by atoms with Crippen molar-refractivity contribution in [2.75, 3.05) is 5.32 Å². The summed E-state index contributed by atoms with van der Waals surface area (Å²) in [7, 11) is 0. The number of amides is 1. The molecule has 1 heterocycles. The van der Waals surface area contributed by atoms with E-state index in [0.29, 0.717) is 0 Å². The normalized spacial score (nSPS) is 10.2. The van der Waals surface area contributed by atoms with Crippen molar-refractivity contribution in [1.29, 1.82) is 0 Å². The van der Waals surface area contributed by atoms with Gasteiger partial charge in [0.1, 0.15) is 5.69 Å². The maximum Gasteiger partial charge on any atom is 0.353 e. The molecule has 76 valence electrons. The molecule has 0 radical (unpaired) electrons. The van der Waals surface area contributed by atoms with Gasteiger partial charge in [0.2, 0.25) is 5.91 Å². The Balaban J connectivity index is 2.69. The van der Waals surface area contributed by atoms with Gasteiger partial charge in [0.05, 0.1) is 0 Å². The molecule has 0 saturated heterocycles. The summed E-state index contributed by atoms with van der Waals surface area (Å²) in [5, 5.41) is 16.9. The van der Waals surface area contributed by atoms with Gasteiger partial charge in [-0.15, -0.1) is 0 Å². The van der Waals surface area contributed by atoms with Crippen molar-refractivity contribution in [3.05, 3.63) is 11.8 Å². The number of rotatable bonds is 3. The minimum atomic E-state index is -1.11. The summed E-state index contributed by atoms with van der Waals surface area (Å²) in [6, 6.07) is 1.27. The number of hydrogen-bond donors (Lipinski definition) is 3. The molecule has 1 aromatic heterocycles. The maximum absolute atomic E-state index is 11.2. The molecule has 1 rings (SSSR count). The second kappa shape index (κ2) is 3.91. The summed E-state index contributed by atoms with van der Waals surface area (Å²) >= 11 is 0. The van der Waals surface area contributed by atoms with Crippen LogP contribution in [0.25, 0.3) is 0 Å². The lowest BCUT2D eigenvalue weighted by Gasteiger charge is -2.02. The topological polar surface area (TPSA) is 95.1 Å². The van der Waals surface area contributed by atoms with Crippen LogP contribution in [0.1, 0.15) is 24.3 Å². The summed E-state index contributed by atoms with van der Waals surface area (Å²) in [4.78, 5) is 21.6. The Morgan fingerprint density at radius 1 is 1.57 bits per heavy atom. The predicted molar refractivity (Wildman–Crippen MR) is 49.0 cm³/mol. The molecule has 14 heavy (non-hydrogen) atoms. The van der Waals surface area contributed by atoms with Crippen molar-refractivity contribution in [1.82, 2.24) is 10.2 Å². The smallest absolute Gasteiger partial charge is 0.353 e. The van der Waals surface area contributed by atoms with Crippen LogP contribution in [0.15, 0.2) is 6.07 Å². The number of carboxylic acids is 1. The molecule has 0 bridgehead atoms. The second-order valence-corrected chi connectivity index (χ2v) is 3.12. The van der Waals surface area contributed by atoms with Gasteiger partial charge >= 0.3 is 5.97 Å². The van der Waals surface area contributed by atoms with Crippen LogP contribution in [0.2, 0.25) is 0 Å². The molecule has 6 nitrogen and oxygen atoms in total. The number of hydrogen-bond acceptors (Lipinski definition) is 3. The van der Waals surface area contributed by atoms with Gasteiger partial charge in [-0.3, -0.25) is 9.89 Å². The van der Waals surface area contributed by atoms with E-state index in [4.69, 9.17) is 5.11 Å². The average Bonchev–Trinajstić information content (AvgIpc) is 2.52. The summed E-state index contributed by atoms with van der Waals surface area (Å²) in [6.45, 7) is 3.47. The first kappa shape index (κ1) is 10.2. The van der Waals surface area contributed by atoms with E-state index in [0.717, 1.165) is 0 Å². The fraction of sp³-hybridized carbons (Fsp3) is 0.375. The van der Waals surface area contributed by atoms with Gasteiger partial charge in [-0.25, -0.2) is 4.79 Å². The number of carbonyl (C=O) groups excluding carboxylic acids is 1. The van der Waals surface area contributed by atoms with Gasteiger partial charge in [-0.2, -0.15) is 5.10 Å². The number of carboxylic acid groups (broad SMARTS) is 1. The van der Waals surface area contributed by atoms with Gasteiger partial charge in [-0.05, 0) is 0 Å². The van der Waals surface area contributed by atoms with E-state index in [9.17, 15) is 9.59 Å². The lowest BCUT2D eigenvalue weighted by atomic mass is 10.2. The SMILES string of the molecule is CC(C)C(=O)Nc1cc(C(=O)O)[nH]n1. The minimum absolute atomic E-state index is 0.0518. The second-order valence-electron chi connectivity index (χ2n) is 3.12. The van der Waals surface area contributed by atoms with E-state index in [1.54, 1.807) is 13.8 Å². The first-order valence-corrected chi connectivity index (χ1v) is 4.10. The van der Waals surface area contributed by atoms with Gasteiger partial charge in [0.25, 0.3) is 0 Å². The molecule has 0 aliphatic heterocycles. The summed E-state index contributed by atoms with van der Waals surface area (Å²) < 4.78 is 0. The Labute approximate surface area is 80.3 Å². The average molecular weight is 197 g/mol. The molecule has 0 unspecified atom stereocenters. The lowest BCUT2D eigenvalue weighted by molar-refractivity contribution is -0.118. The third-order valence-corrected chi connectivity index (χ3v) is 1.58. The third kappa shape index (κ3) is 2.32. The number of nitrogens with zero attached hydrogens (tertiary/aromatic N) is 1. The molecular weight excluding hydrogens is 186 g/mol. The number of carbonyl (C=O) groups is 2. The Morgan fingerprint density at radius 3 is 2.64 bits per heavy atom. The number of aromatic amines is 1. The Bertz CT molecular complexity index is 356. The number of nitrogens with one attached hydrogen (secondary N) is 2. The summed E-state index contributed by atoms with van der Waals surface area (Å²) in [5.41, 5.74) is -0.0518. The molecule has 6 heteroatoms. The van der Waals surface area contributed by atoms with Crippen LogP contribution in [-0.2, 0) is 4.79 Å². The maximum atomic E-state index is 11.2. The zero-order chi connectivity index (χ0) is 10.7. The molecule has 3 N–H and O–H groups in total. The number of H-pyrrole nitrogens is 1. The van der Waals surface area contributed by atoms with Crippen LogP contribution < -0.4 is 5.32 Å². The van der Waals surface area contributed by atoms with Crippen molar-refractivity contribution in [3.63, 3.8) is 0 Å². The first-order valence-electron chi connectivity index (χ1n) is 4.10. The Hall–Kier alpha value is -1.85. The van der Waals surface area contributed by atoms with E-state index in [2.05, 4.69) is 15.5 Å². The highest BCUT2D eigenvalue weighted by Gasteiger charge is 2.11. The molecule has 0 aromatic carbocycles. The van der Waals surface area contributed by atoms with Crippen LogP contribution >= 0.6 is 0 Å².